The molecule has 8 heteroatoms. The van der Waals surface area contributed by atoms with Crippen LogP contribution in [0.3, 0.4) is 0 Å². The molecule has 1 N–H and O–H groups in total. The number of nitrogens with zero attached hydrogens (tertiary/aromatic N) is 6. The van der Waals surface area contributed by atoms with Crippen molar-refractivity contribution in [3.63, 3.8) is 0 Å². The van der Waals surface area contributed by atoms with Crippen molar-refractivity contribution in [3.05, 3.63) is 95.1 Å². The topological polar surface area (TPSA) is 117 Å². The summed E-state index contributed by atoms with van der Waals surface area (Å²) in [7, 11) is 0. The molecule has 0 atom stereocenters. The van der Waals surface area contributed by atoms with E-state index >= 15 is 0 Å². The molecule has 0 aliphatic rings. The minimum Gasteiger partial charge on any atom is -0.369 e. The van der Waals surface area contributed by atoms with E-state index in [0.29, 0.717) is 42.7 Å². The maximum atomic E-state index is 12.6. The van der Waals surface area contributed by atoms with Crippen molar-refractivity contribution in [1.29, 1.82) is 10.5 Å². The van der Waals surface area contributed by atoms with Crippen LogP contribution in [-0.2, 0) is 0 Å². The molecule has 0 saturated carbocycles. The lowest BCUT2D eigenvalue weighted by Crippen LogP contribution is -2.25. The van der Waals surface area contributed by atoms with Gasteiger partial charge in [-0.3, -0.25) is 4.79 Å². The van der Waals surface area contributed by atoms with Gasteiger partial charge in [-0.1, -0.05) is 35.9 Å². The average Bonchev–Trinajstić information content (AvgIpc) is 2.90. The lowest BCUT2D eigenvalue weighted by Gasteiger charge is -2.23. The van der Waals surface area contributed by atoms with Crippen molar-refractivity contribution < 1.29 is 4.79 Å². The van der Waals surface area contributed by atoms with Crippen LogP contribution in [0.5, 0.6) is 0 Å². The summed E-state index contributed by atoms with van der Waals surface area (Å²) in [4.78, 5) is 14.6. The lowest BCUT2D eigenvalue weighted by molar-refractivity contribution is 0.0955. The second-order valence-electron chi connectivity index (χ2n) is 8.08. The Kier molecular flexibility index (Phi) is 9.43. The molecule has 0 bridgehead atoms. The summed E-state index contributed by atoms with van der Waals surface area (Å²) in [5.74, 6) is -0.0974. The van der Waals surface area contributed by atoms with Gasteiger partial charge in [-0.2, -0.15) is 10.5 Å². The van der Waals surface area contributed by atoms with Crippen molar-refractivity contribution in [2.45, 2.75) is 26.7 Å². The van der Waals surface area contributed by atoms with Crippen LogP contribution in [0.4, 0.5) is 11.4 Å². The van der Waals surface area contributed by atoms with Gasteiger partial charge in [-0.05, 0) is 61.9 Å². The molecular formula is C28H27N7O. The van der Waals surface area contributed by atoms with Crippen LogP contribution in [0.2, 0.25) is 0 Å². The van der Waals surface area contributed by atoms with Gasteiger partial charge < -0.3 is 4.90 Å². The molecular weight excluding hydrogens is 450 g/mol. The third-order valence-corrected chi connectivity index (χ3v) is 5.40. The Morgan fingerprint density at radius 3 is 2.19 bits per heavy atom. The van der Waals surface area contributed by atoms with Gasteiger partial charge in [-0.25, -0.2) is 5.43 Å². The Hall–Kier alpha value is -4.82. The van der Waals surface area contributed by atoms with Crippen LogP contribution in [0.25, 0.3) is 0 Å². The van der Waals surface area contributed by atoms with Crippen LogP contribution < -0.4 is 10.3 Å². The molecule has 0 aromatic heterocycles. The number of hydrogen-bond acceptors (Lipinski definition) is 6. The first-order valence-electron chi connectivity index (χ1n) is 11.5. The summed E-state index contributed by atoms with van der Waals surface area (Å²) in [6.07, 6.45) is 0.713. The Morgan fingerprint density at radius 1 is 0.917 bits per heavy atom. The number of aryl methyl sites for hydroxylation is 2. The van der Waals surface area contributed by atoms with Crippen LogP contribution in [-0.4, -0.2) is 24.8 Å². The van der Waals surface area contributed by atoms with E-state index < -0.39 is 0 Å². The molecule has 0 saturated heterocycles. The first-order chi connectivity index (χ1) is 17.5. The Balaban J connectivity index is 1.92. The van der Waals surface area contributed by atoms with E-state index in [1.54, 1.807) is 12.1 Å². The molecule has 36 heavy (non-hydrogen) atoms. The molecule has 0 unspecified atom stereocenters. The molecule has 8 nitrogen and oxygen atoms in total. The first-order valence-corrected chi connectivity index (χ1v) is 11.5. The van der Waals surface area contributed by atoms with Crippen molar-refractivity contribution in [3.8, 4) is 12.1 Å². The number of nitrogens with one attached hydrogen (secondary N) is 1. The Bertz CT molecular complexity index is 1300. The van der Waals surface area contributed by atoms with Gasteiger partial charge >= 0.3 is 0 Å². The summed E-state index contributed by atoms with van der Waals surface area (Å²) in [5, 5.41) is 30.9. The molecule has 3 aromatic carbocycles. The quantitative estimate of drug-likeness (QED) is 0.181. The standard InChI is InChI=1S/C28H27N7O/c1-21-10-12-23(13-11-21)28(36)34-33-27(32-31-24-8-4-3-5-9-24)26-15-14-25(20-22(26)2)35(18-6-16-29)19-7-17-30/h3-5,8-15,20H,6-7,18-19H2,1-2H3,(H,34,36). The lowest BCUT2D eigenvalue weighted by atomic mass is 10.1. The van der Waals surface area contributed by atoms with Gasteiger partial charge in [0, 0.05) is 29.9 Å². The zero-order chi connectivity index (χ0) is 25.8. The van der Waals surface area contributed by atoms with Crippen molar-refractivity contribution >= 4 is 23.1 Å². The Labute approximate surface area is 211 Å². The SMILES string of the molecule is Cc1ccc(C(=O)NN=C(N=Nc2ccccc2)c2ccc(N(CCC#N)CCC#N)cc2C)cc1. The molecule has 0 spiro atoms. The maximum absolute atomic E-state index is 12.6. The summed E-state index contributed by atoms with van der Waals surface area (Å²) < 4.78 is 0. The molecule has 0 radical (unpaired) electrons. The second kappa shape index (κ2) is 13.2. The van der Waals surface area contributed by atoms with Gasteiger partial charge in [0.2, 0.25) is 5.84 Å². The van der Waals surface area contributed by atoms with Crippen molar-refractivity contribution in [2.24, 2.45) is 15.3 Å². The number of hydrogen-bond donors (Lipinski definition) is 1. The van der Waals surface area contributed by atoms with Crippen LogP contribution in [0, 0.1) is 36.5 Å². The van der Waals surface area contributed by atoms with E-state index in [4.69, 9.17) is 10.5 Å². The van der Waals surface area contributed by atoms with Crippen LogP contribution in [0.15, 0.2) is 88.1 Å². The fourth-order valence-electron chi connectivity index (χ4n) is 3.44. The number of nitriles is 2. The summed E-state index contributed by atoms with van der Waals surface area (Å²) in [6, 6.07) is 26.5. The molecule has 0 aliphatic heterocycles. The maximum Gasteiger partial charge on any atom is 0.271 e. The van der Waals surface area contributed by atoms with E-state index in [0.717, 1.165) is 16.8 Å². The number of carbonyl (C=O) groups is 1. The highest BCUT2D eigenvalue weighted by Crippen LogP contribution is 2.22. The third-order valence-electron chi connectivity index (χ3n) is 5.40. The first kappa shape index (κ1) is 25.8. The van der Waals surface area contributed by atoms with Gasteiger partial charge in [-0.15, -0.1) is 15.3 Å². The molecule has 0 fully saturated rings. The van der Waals surface area contributed by atoms with Gasteiger partial charge in [0.25, 0.3) is 5.91 Å². The third kappa shape index (κ3) is 7.34. The highest BCUT2D eigenvalue weighted by Gasteiger charge is 2.13. The number of rotatable bonds is 9. The normalized spacial score (nSPS) is 11.1. The number of benzene rings is 3. The predicted molar refractivity (Wildman–Crippen MR) is 140 cm³/mol. The van der Waals surface area contributed by atoms with E-state index in [2.05, 4.69) is 32.9 Å². The summed E-state index contributed by atoms with van der Waals surface area (Å²) in [6.45, 7) is 4.92. The van der Waals surface area contributed by atoms with E-state index in [1.807, 2.05) is 79.4 Å². The fourth-order valence-corrected chi connectivity index (χ4v) is 3.44. The van der Waals surface area contributed by atoms with Crippen LogP contribution >= 0.6 is 0 Å². The Morgan fingerprint density at radius 2 is 1.58 bits per heavy atom. The largest absolute Gasteiger partial charge is 0.369 e. The van der Waals surface area contributed by atoms with Crippen molar-refractivity contribution in [1.82, 2.24) is 5.43 Å². The molecule has 0 heterocycles. The summed E-state index contributed by atoms with van der Waals surface area (Å²) >= 11 is 0. The monoisotopic (exact) mass is 477 g/mol. The predicted octanol–water partition coefficient (Wildman–Crippen LogP) is 5.81. The zero-order valence-corrected chi connectivity index (χ0v) is 20.3. The highest BCUT2D eigenvalue weighted by atomic mass is 16.2. The molecule has 3 rings (SSSR count). The molecule has 180 valence electrons. The number of azo groups is 1. The van der Waals surface area contributed by atoms with E-state index in [1.165, 1.54) is 0 Å². The number of amidine groups is 1. The minimum absolute atomic E-state index is 0.254. The van der Waals surface area contributed by atoms with Crippen molar-refractivity contribution in [2.75, 3.05) is 18.0 Å². The smallest absolute Gasteiger partial charge is 0.271 e. The number of carbonyl (C=O) groups excluding carboxylic acids is 1. The number of amides is 1. The van der Waals surface area contributed by atoms with Gasteiger partial charge in [0.1, 0.15) is 0 Å². The molecule has 3 aromatic rings. The number of anilines is 1. The van der Waals surface area contributed by atoms with Gasteiger partial charge in [0.05, 0.1) is 30.7 Å². The zero-order valence-electron chi connectivity index (χ0n) is 20.3. The van der Waals surface area contributed by atoms with Crippen LogP contribution in [0.1, 0.15) is 39.9 Å². The number of hydrazone groups is 1. The van der Waals surface area contributed by atoms with E-state index in [9.17, 15) is 4.79 Å². The molecule has 0 aliphatic carbocycles. The highest BCUT2D eigenvalue weighted by molar-refractivity contribution is 6.02. The fraction of sp³-hybridized carbons (Fsp3) is 0.214. The minimum atomic E-state index is -0.351. The average molecular weight is 478 g/mol. The second-order valence-corrected chi connectivity index (χ2v) is 8.08. The van der Waals surface area contributed by atoms with Gasteiger partial charge in [0.15, 0.2) is 0 Å². The molecule has 1 amide bonds. The summed E-state index contributed by atoms with van der Waals surface area (Å²) in [5.41, 5.74) is 7.24. The van der Waals surface area contributed by atoms with E-state index in [-0.39, 0.29) is 11.7 Å².